The van der Waals surface area contributed by atoms with E-state index in [1.807, 2.05) is 13.8 Å². The Balaban J connectivity index is 2.24. The maximum absolute atomic E-state index is 6.21. The first-order chi connectivity index (χ1) is 8.11. The van der Waals surface area contributed by atoms with Gasteiger partial charge in [0.1, 0.15) is 0 Å². The Kier molecular flexibility index (Phi) is 3.87. The number of halogens is 1. The van der Waals surface area contributed by atoms with Crippen molar-refractivity contribution in [2.24, 2.45) is 5.92 Å². The van der Waals surface area contributed by atoms with Gasteiger partial charge in [0.2, 0.25) is 0 Å². The Morgan fingerprint density at radius 1 is 1.29 bits per heavy atom. The summed E-state index contributed by atoms with van der Waals surface area (Å²) in [7, 11) is 0. The van der Waals surface area contributed by atoms with E-state index in [0.717, 1.165) is 36.2 Å². The summed E-state index contributed by atoms with van der Waals surface area (Å²) in [5, 5.41) is 0.546. The minimum atomic E-state index is 0.546. The van der Waals surface area contributed by atoms with Crippen LogP contribution in [0.3, 0.4) is 0 Å². The minimum Gasteiger partial charge on any atom is -0.354 e. The highest BCUT2D eigenvalue weighted by Gasteiger charge is 2.22. The SMILES string of the molecule is CCC1CCCN(c2nc(C)c(C)nc2Cl)C1. The molecule has 0 saturated carbocycles. The van der Waals surface area contributed by atoms with Crippen LogP contribution in [0.5, 0.6) is 0 Å². The van der Waals surface area contributed by atoms with Crippen LogP contribution in [0.25, 0.3) is 0 Å². The Hall–Kier alpha value is -0.830. The molecule has 1 aliphatic rings. The maximum Gasteiger partial charge on any atom is 0.171 e. The highest BCUT2D eigenvalue weighted by atomic mass is 35.5. The second-order valence-electron chi connectivity index (χ2n) is 4.87. The van der Waals surface area contributed by atoms with Gasteiger partial charge in [0.15, 0.2) is 11.0 Å². The molecule has 94 valence electrons. The van der Waals surface area contributed by atoms with E-state index in [-0.39, 0.29) is 0 Å². The Morgan fingerprint density at radius 3 is 2.71 bits per heavy atom. The van der Waals surface area contributed by atoms with Gasteiger partial charge in [-0.1, -0.05) is 24.9 Å². The summed E-state index contributed by atoms with van der Waals surface area (Å²) in [6.45, 7) is 8.30. The van der Waals surface area contributed by atoms with Gasteiger partial charge in [-0.25, -0.2) is 9.97 Å². The molecule has 0 aromatic carbocycles. The van der Waals surface area contributed by atoms with Crippen molar-refractivity contribution in [2.45, 2.75) is 40.0 Å². The van der Waals surface area contributed by atoms with Crippen molar-refractivity contribution in [1.82, 2.24) is 9.97 Å². The number of nitrogens with zero attached hydrogens (tertiary/aromatic N) is 3. The third-order valence-electron chi connectivity index (χ3n) is 3.64. The molecule has 1 aromatic heterocycles. The highest BCUT2D eigenvalue weighted by Crippen LogP contribution is 2.28. The van der Waals surface area contributed by atoms with Crippen LogP contribution in [-0.4, -0.2) is 23.1 Å². The summed E-state index contributed by atoms with van der Waals surface area (Å²) in [5.74, 6) is 1.64. The van der Waals surface area contributed by atoms with Gasteiger partial charge in [0, 0.05) is 13.1 Å². The van der Waals surface area contributed by atoms with Crippen molar-refractivity contribution in [1.29, 1.82) is 0 Å². The monoisotopic (exact) mass is 253 g/mol. The van der Waals surface area contributed by atoms with E-state index in [1.54, 1.807) is 0 Å². The van der Waals surface area contributed by atoms with Crippen LogP contribution < -0.4 is 4.90 Å². The smallest absolute Gasteiger partial charge is 0.171 e. The minimum absolute atomic E-state index is 0.546. The maximum atomic E-state index is 6.21. The van der Waals surface area contributed by atoms with E-state index < -0.39 is 0 Å². The molecule has 17 heavy (non-hydrogen) atoms. The third-order valence-corrected chi connectivity index (χ3v) is 3.90. The molecular weight excluding hydrogens is 234 g/mol. The quantitative estimate of drug-likeness (QED) is 0.809. The molecule has 2 rings (SSSR count). The highest BCUT2D eigenvalue weighted by molar-refractivity contribution is 6.31. The number of aryl methyl sites for hydroxylation is 2. The van der Waals surface area contributed by atoms with Gasteiger partial charge in [-0.2, -0.15) is 0 Å². The van der Waals surface area contributed by atoms with E-state index >= 15 is 0 Å². The Labute approximate surface area is 108 Å². The van der Waals surface area contributed by atoms with Gasteiger partial charge in [0.05, 0.1) is 11.4 Å². The number of piperidine rings is 1. The third kappa shape index (κ3) is 2.71. The van der Waals surface area contributed by atoms with Crippen molar-refractivity contribution in [2.75, 3.05) is 18.0 Å². The van der Waals surface area contributed by atoms with Crippen LogP contribution in [0.2, 0.25) is 5.15 Å². The van der Waals surface area contributed by atoms with Crippen LogP contribution in [0, 0.1) is 19.8 Å². The van der Waals surface area contributed by atoms with Gasteiger partial charge in [-0.3, -0.25) is 0 Å². The number of hydrogen-bond acceptors (Lipinski definition) is 3. The summed E-state index contributed by atoms with van der Waals surface area (Å²) in [6.07, 6.45) is 3.78. The molecule has 3 nitrogen and oxygen atoms in total. The zero-order chi connectivity index (χ0) is 12.4. The van der Waals surface area contributed by atoms with Gasteiger partial charge in [-0.05, 0) is 32.6 Å². The molecule has 1 aliphatic heterocycles. The van der Waals surface area contributed by atoms with Crippen LogP contribution in [0.1, 0.15) is 37.6 Å². The summed E-state index contributed by atoms with van der Waals surface area (Å²) >= 11 is 6.21. The number of hydrogen-bond donors (Lipinski definition) is 0. The Morgan fingerprint density at radius 2 is 2.00 bits per heavy atom. The average Bonchev–Trinajstić information content (AvgIpc) is 2.34. The van der Waals surface area contributed by atoms with E-state index in [2.05, 4.69) is 21.8 Å². The molecule has 0 aliphatic carbocycles. The summed E-state index contributed by atoms with van der Waals surface area (Å²) in [6, 6.07) is 0. The Bertz CT molecular complexity index is 406. The first kappa shape index (κ1) is 12.6. The zero-order valence-electron chi connectivity index (χ0n) is 10.8. The predicted octanol–water partition coefficient (Wildman–Crippen LogP) is 3.37. The summed E-state index contributed by atoms with van der Waals surface area (Å²) in [4.78, 5) is 11.2. The molecule has 0 N–H and O–H groups in total. The van der Waals surface area contributed by atoms with Crippen LogP contribution in [-0.2, 0) is 0 Å². The molecule has 0 radical (unpaired) electrons. The lowest BCUT2D eigenvalue weighted by Crippen LogP contribution is -2.36. The fraction of sp³-hybridized carbons (Fsp3) is 0.692. The van der Waals surface area contributed by atoms with Crippen molar-refractivity contribution < 1.29 is 0 Å². The van der Waals surface area contributed by atoms with E-state index in [4.69, 9.17) is 11.6 Å². The first-order valence-electron chi connectivity index (χ1n) is 6.37. The largest absolute Gasteiger partial charge is 0.354 e. The molecule has 0 bridgehead atoms. The van der Waals surface area contributed by atoms with Crippen LogP contribution >= 0.6 is 11.6 Å². The zero-order valence-corrected chi connectivity index (χ0v) is 11.6. The molecule has 1 unspecified atom stereocenters. The van der Waals surface area contributed by atoms with Gasteiger partial charge in [-0.15, -0.1) is 0 Å². The summed E-state index contributed by atoms with van der Waals surface area (Å²) in [5.41, 5.74) is 1.89. The lowest BCUT2D eigenvalue weighted by Gasteiger charge is -2.33. The standard InChI is InChI=1S/C13H20ClN3/c1-4-11-6-5-7-17(8-11)13-12(14)15-9(2)10(3)16-13/h11H,4-8H2,1-3H3. The summed E-state index contributed by atoms with van der Waals surface area (Å²) < 4.78 is 0. The normalized spacial score (nSPS) is 20.7. The van der Waals surface area contributed by atoms with Crippen molar-refractivity contribution in [3.8, 4) is 0 Å². The van der Waals surface area contributed by atoms with Gasteiger partial charge >= 0.3 is 0 Å². The van der Waals surface area contributed by atoms with Crippen molar-refractivity contribution in [3.63, 3.8) is 0 Å². The molecule has 1 atom stereocenters. The molecule has 1 aromatic rings. The number of anilines is 1. The first-order valence-corrected chi connectivity index (χ1v) is 6.75. The molecule has 1 saturated heterocycles. The molecular formula is C13H20ClN3. The fourth-order valence-electron chi connectivity index (χ4n) is 2.36. The molecule has 0 amide bonds. The fourth-order valence-corrected chi connectivity index (χ4v) is 2.64. The van der Waals surface area contributed by atoms with Crippen LogP contribution in [0.4, 0.5) is 5.82 Å². The van der Waals surface area contributed by atoms with Crippen molar-refractivity contribution >= 4 is 17.4 Å². The van der Waals surface area contributed by atoms with Crippen molar-refractivity contribution in [3.05, 3.63) is 16.5 Å². The topological polar surface area (TPSA) is 29.0 Å². The lowest BCUT2D eigenvalue weighted by atomic mass is 9.96. The van der Waals surface area contributed by atoms with E-state index in [0.29, 0.717) is 5.15 Å². The lowest BCUT2D eigenvalue weighted by molar-refractivity contribution is 0.402. The number of aromatic nitrogens is 2. The van der Waals surface area contributed by atoms with E-state index in [1.165, 1.54) is 19.3 Å². The molecule has 1 fully saturated rings. The predicted molar refractivity (Wildman–Crippen MR) is 71.7 cm³/mol. The van der Waals surface area contributed by atoms with Crippen LogP contribution in [0.15, 0.2) is 0 Å². The average molecular weight is 254 g/mol. The van der Waals surface area contributed by atoms with E-state index in [9.17, 15) is 0 Å². The second-order valence-corrected chi connectivity index (χ2v) is 5.23. The molecule has 2 heterocycles. The molecule has 4 heteroatoms. The number of rotatable bonds is 2. The van der Waals surface area contributed by atoms with Gasteiger partial charge < -0.3 is 4.90 Å². The van der Waals surface area contributed by atoms with Gasteiger partial charge in [0.25, 0.3) is 0 Å². The second kappa shape index (κ2) is 5.21. The molecule has 0 spiro atoms.